The fourth-order valence-electron chi connectivity index (χ4n) is 3.11. The zero-order chi connectivity index (χ0) is 15.5. The molecule has 0 bridgehead atoms. The Morgan fingerprint density at radius 3 is 2.68 bits per heavy atom. The Bertz CT molecular complexity index is 674. The number of hydrogen-bond donors (Lipinski definition) is 0. The van der Waals surface area contributed by atoms with Crippen LogP contribution in [0.15, 0.2) is 48.5 Å². The van der Waals surface area contributed by atoms with Crippen molar-refractivity contribution < 1.29 is 9.18 Å². The molecule has 0 N–H and O–H groups in total. The Balaban J connectivity index is 1.81. The Morgan fingerprint density at radius 1 is 1.23 bits per heavy atom. The van der Waals surface area contributed by atoms with Crippen LogP contribution in [0.25, 0.3) is 0 Å². The molecule has 0 saturated carbocycles. The highest BCUT2D eigenvalue weighted by molar-refractivity contribution is 6.67. The second-order valence-electron chi connectivity index (χ2n) is 5.63. The summed E-state index contributed by atoms with van der Waals surface area (Å²) in [7, 11) is 0. The standard InChI is InChI=1S/C18H17ClFNO/c19-18(22)15-9-8-14(11-16(15)20)17-7-4-10-21(17)12-13-5-2-1-3-6-13/h1-3,5-6,8-9,11,17H,4,7,10,12H2. The van der Waals surface area contributed by atoms with Gasteiger partial charge in [-0.2, -0.15) is 0 Å². The Hall–Kier alpha value is -1.71. The minimum atomic E-state index is -0.753. The van der Waals surface area contributed by atoms with E-state index in [1.807, 2.05) is 24.3 Å². The summed E-state index contributed by atoms with van der Waals surface area (Å²) < 4.78 is 14.0. The summed E-state index contributed by atoms with van der Waals surface area (Å²) in [5.74, 6) is -0.538. The van der Waals surface area contributed by atoms with Crippen LogP contribution in [0.3, 0.4) is 0 Å². The zero-order valence-electron chi connectivity index (χ0n) is 12.1. The molecule has 1 saturated heterocycles. The summed E-state index contributed by atoms with van der Waals surface area (Å²) >= 11 is 5.37. The van der Waals surface area contributed by atoms with Gasteiger partial charge in [-0.3, -0.25) is 9.69 Å². The quantitative estimate of drug-likeness (QED) is 0.771. The molecule has 1 unspecified atom stereocenters. The lowest BCUT2D eigenvalue weighted by molar-refractivity contribution is 0.107. The van der Waals surface area contributed by atoms with Crippen LogP contribution in [0.4, 0.5) is 4.39 Å². The van der Waals surface area contributed by atoms with Gasteiger partial charge in [0, 0.05) is 12.6 Å². The van der Waals surface area contributed by atoms with E-state index in [0.717, 1.165) is 31.5 Å². The second-order valence-corrected chi connectivity index (χ2v) is 5.97. The van der Waals surface area contributed by atoms with Crippen LogP contribution in [0.1, 0.15) is 40.4 Å². The average Bonchev–Trinajstić information content (AvgIpc) is 2.96. The van der Waals surface area contributed by atoms with Crippen molar-refractivity contribution in [1.82, 2.24) is 4.90 Å². The molecule has 0 radical (unpaired) electrons. The van der Waals surface area contributed by atoms with Gasteiger partial charge < -0.3 is 0 Å². The normalized spacial score (nSPS) is 18.5. The molecule has 1 atom stereocenters. The number of benzene rings is 2. The fourth-order valence-corrected chi connectivity index (χ4v) is 3.26. The van der Waals surface area contributed by atoms with E-state index in [4.69, 9.17) is 11.6 Å². The maximum Gasteiger partial charge on any atom is 0.255 e. The number of rotatable bonds is 4. The highest BCUT2D eigenvalue weighted by Crippen LogP contribution is 2.34. The Labute approximate surface area is 134 Å². The summed E-state index contributed by atoms with van der Waals surface area (Å²) in [4.78, 5) is 13.5. The van der Waals surface area contributed by atoms with Gasteiger partial charge in [-0.25, -0.2) is 4.39 Å². The van der Waals surface area contributed by atoms with Crippen molar-refractivity contribution in [2.45, 2.75) is 25.4 Å². The maximum atomic E-state index is 14.0. The topological polar surface area (TPSA) is 20.3 Å². The van der Waals surface area contributed by atoms with Crippen molar-refractivity contribution in [3.05, 3.63) is 71.0 Å². The van der Waals surface area contributed by atoms with E-state index in [-0.39, 0.29) is 11.6 Å². The molecule has 0 aliphatic carbocycles. The molecule has 1 aliphatic heterocycles. The van der Waals surface area contributed by atoms with Crippen molar-refractivity contribution in [2.75, 3.05) is 6.54 Å². The number of likely N-dealkylation sites (tertiary alicyclic amines) is 1. The number of hydrogen-bond acceptors (Lipinski definition) is 2. The van der Waals surface area contributed by atoms with Gasteiger partial charge in [0.2, 0.25) is 0 Å². The predicted octanol–water partition coefficient (Wildman–Crippen LogP) is 4.54. The highest BCUT2D eigenvalue weighted by Gasteiger charge is 2.26. The summed E-state index contributed by atoms with van der Waals surface area (Å²) in [5.41, 5.74) is 2.10. The van der Waals surface area contributed by atoms with Gasteiger partial charge in [0.05, 0.1) is 5.56 Å². The third-order valence-corrected chi connectivity index (χ3v) is 4.39. The molecule has 2 aromatic carbocycles. The van der Waals surface area contributed by atoms with Crippen molar-refractivity contribution in [1.29, 1.82) is 0 Å². The molecule has 22 heavy (non-hydrogen) atoms. The van der Waals surface area contributed by atoms with Crippen molar-refractivity contribution in [3.8, 4) is 0 Å². The first kappa shape index (κ1) is 15.2. The molecule has 2 nitrogen and oxygen atoms in total. The SMILES string of the molecule is O=C(Cl)c1ccc(C2CCCN2Cc2ccccc2)cc1F. The monoisotopic (exact) mass is 317 g/mol. The number of halogens is 2. The minimum Gasteiger partial charge on any atom is -0.292 e. The van der Waals surface area contributed by atoms with Crippen molar-refractivity contribution >= 4 is 16.8 Å². The van der Waals surface area contributed by atoms with Gasteiger partial charge in [-0.05, 0) is 54.2 Å². The zero-order valence-corrected chi connectivity index (χ0v) is 12.9. The van der Waals surface area contributed by atoms with E-state index < -0.39 is 11.1 Å². The van der Waals surface area contributed by atoms with Crippen molar-refractivity contribution in [2.24, 2.45) is 0 Å². The third kappa shape index (κ3) is 3.21. The molecular weight excluding hydrogens is 301 g/mol. The molecule has 114 valence electrons. The lowest BCUT2D eigenvalue weighted by Gasteiger charge is -2.25. The first-order chi connectivity index (χ1) is 10.6. The molecule has 1 heterocycles. The molecule has 4 heteroatoms. The van der Waals surface area contributed by atoms with E-state index in [0.29, 0.717) is 0 Å². The van der Waals surface area contributed by atoms with Crippen LogP contribution in [0.2, 0.25) is 0 Å². The van der Waals surface area contributed by atoms with Crippen molar-refractivity contribution in [3.63, 3.8) is 0 Å². The number of carbonyl (C=O) groups is 1. The van der Waals surface area contributed by atoms with Gasteiger partial charge in [0.25, 0.3) is 5.24 Å². The van der Waals surface area contributed by atoms with Crippen LogP contribution in [0.5, 0.6) is 0 Å². The van der Waals surface area contributed by atoms with Crippen LogP contribution < -0.4 is 0 Å². The lowest BCUT2D eigenvalue weighted by Crippen LogP contribution is -2.23. The predicted molar refractivity (Wildman–Crippen MR) is 85.4 cm³/mol. The van der Waals surface area contributed by atoms with E-state index in [1.165, 1.54) is 17.7 Å². The smallest absolute Gasteiger partial charge is 0.255 e. The van der Waals surface area contributed by atoms with Gasteiger partial charge in [0.15, 0.2) is 0 Å². The summed E-state index contributed by atoms with van der Waals surface area (Å²) in [5, 5.41) is -0.753. The summed E-state index contributed by atoms with van der Waals surface area (Å²) in [6.45, 7) is 1.85. The van der Waals surface area contributed by atoms with Gasteiger partial charge in [-0.1, -0.05) is 36.4 Å². The fraction of sp³-hybridized carbons (Fsp3) is 0.278. The van der Waals surface area contributed by atoms with Crippen LogP contribution in [0, 0.1) is 5.82 Å². The molecule has 1 fully saturated rings. The molecule has 0 amide bonds. The van der Waals surface area contributed by atoms with Gasteiger partial charge in [-0.15, -0.1) is 0 Å². The molecule has 0 spiro atoms. The first-order valence-corrected chi connectivity index (χ1v) is 7.80. The molecule has 3 rings (SSSR count). The molecular formula is C18H17ClFNO. The van der Waals surface area contributed by atoms with E-state index in [2.05, 4.69) is 17.0 Å². The van der Waals surface area contributed by atoms with E-state index >= 15 is 0 Å². The van der Waals surface area contributed by atoms with Crippen LogP contribution in [-0.4, -0.2) is 16.7 Å². The van der Waals surface area contributed by atoms with Crippen LogP contribution >= 0.6 is 11.6 Å². The van der Waals surface area contributed by atoms with E-state index in [1.54, 1.807) is 0 Å². The Kier molecular flexibility index (Phi) is 4.55. The minimum absolute atomic E-state index is 0.0574. The number of nitrogens with zero attached hydrogens (tertiary/aromatic N) is 1. The summed E-state index contributed by atoms with van der Waals surface area (Å²) in [6, 6.07) is 15.2. The van der Waals surface area contributed by atoms with Gasteiger partial charge >= 0.3 is 0 Å². The van der Waals surface area contributed by atoms with E-state index in [9.17, 15) is 9.18 Å². The second kappa shape index (κ2) is 6.59. The molecule has 0 aromatic heterocycles. The third-order valence-electron chi connectivity index (χ3n) is 4.18. The lowest BCUT2D eigenvalue weighted by atomic mass is 10.0. The number of carbonyl (C=O) groups excluding carboxylic acids is 1. The van der Waals surface area contributed by atoms with Gasteiger partial charge in [0.1, 0.15) is 5.82 Å². The summed E-state index contributed by atoms with van der Waals surface area (Å²) in [6.07, 6.45) is 2.09. The van der Waals surface area contributed by atoms with Crippen LogP contribution in [-0.2, 0) is 6.54 Å². The highest BCUT2D eigenvalue weighted by atomic mass is 35.5. The maximum absolute atomic E-state index is 14.0. The average molecular weight is 318 g/mol. The molecule has 2 aromatic rings. The largest absolute Gasteiger partial charge is 0.292 e. The molecule has 1 aliphatic rings. The Morgan fingerprint density at radius 2 is 2.00 bits per heavy atom. The first-order valence-electron chi connectivity index (χ1n) is 7.42.